The van der Waals surface area contributed by atoms with E-state index in [0.717, 1.165) is 37.7 Å². The molecule has 1 aromatic rings. The highest BCUT2D eigenvalue weighted by atomic mass is 19.1. The Hall–Kier alpha value is -1.49. The van der Waals surface area contributed by atoms with E-state index < -0.39 is 5.97 Å². The molecule has 0 bridgehead atoms. The van der Waals surface area contributed by atoms with Crippen LogP contribution in [0.3, 0.4) is 0 Å². The fourth-order valence-electron chi connectivity index (χ4n) is 3.17. The molecule has 1 heterocycles. The summed E-state index contributed by atoms with van der Waals surface area (Å²) in [4.78, 5) is 17.1. The Morgan fingerprint density at radius 3 is 2.70 bits per heavy atom. The normalized spacial score (nSPS) is 18.1. The highest BCUT2D eigenvalue weighted by Crippen LogP contribution is 2.36. The zero-order chi connectivity index (χ0) is 14.6. The molecular formula is C15H21FN2O2. The lowest BCUT2D eigenvalue weighted by Gasteiger charge is -2.44. The molecule has 0 spiro atoms. The summed E-state index contributed by atoms with van der Waals surface area (Å²) in [6.07, 6.45) is 8.01. The molecule has 0 radical (unpaired) electrons. The summed E-state index contributed by atoms with van der Waals surface area (Å²) < 4.78 is 13.2. The molecule has 1 aromatic heterocycles. The van der Waals surface area contributed by atoms with Crippen LogP contribution in [0.15, 0.2) is 18.5 Å². The van der Waals surface area contributed by atoms with E-state index in [2.05, 4.69) is 9.88 Å². The van der Waals surface area contributed by atoms with E-state index in [1.807, 2.05) is 7.05 Å². The average Bonchev–Trinajstić information content (AvgIpc) is 2.39. The molecule has 0 atom stereocenters. The van der Waals surface area contributed by atoms with Gasteiger partial charge in [-0.25, -0.2) is 4.39 Å². The highest BCUT2D eigenvalue weighted by Gasteiger charge is 2.38. The van der Waals surface area contributed by atoms with Crippen LogP contribution >= 0.6 is 0 Å². The maximum absolute atomic E-state index is 13.2. The second-order valence-corrected chi connectivity index (χ2v) is 5.72. The zero-order valence-electron chi connectivity index (χ0n) is 11.8. The number of aromatic nitrogens is 1. The average molecular weight is 280 g/mol. The Balaban J connectivity index is 2.13. The number of carboxylic acid groups (broad SMARTS) is 1. The van der Waals surface area contributed by atoms with Crippen molar-refractivity contribution in [3.05, 3.63) is 29.8 Å². The molecule has 1 fully saturated rings. The number of pyridine rings is 1. The van der Waals surface area contributed by atoms with Crippen molar-refractivity contribution in [1.82, 2.24) is 9.88 Å². The van der Waals surface area contributed by atoms with E-state index >= 15 is 0 Å². The number of aliphatic carboxylic acids is 1. The molecule has 110 valence electrons. The summed E-state index contributed by atoms with van der Waals surface area (Å²) in [6.45, 7) is 0.526. The van der Waals surface area contributed by atoms with Crippen molar-refractivity contribution in [3.63, 3.8) is 0 Å². The topological polar surface area (TPSA) is 53.4 Å². The minimum atomic E-state index is -0.767. The molecule has 20 heavy (non-hydrogen) atoms. The lowest BCUT2D eigenvalue weighted by Crippen LogP contribution is -2.49. The van der Waals surface area contributed by atoms with Crippen molar-refractivity contribution in [1.29, 1.82) is 0 Å². The third-order valence-corrected chi connectivity index (χ3v) is 4.26. The third kappa shape index (κ3) is 3.54. The molecule has 1 N–H and O–H groups in total. The van der Waals surface area contributed by atoms with Gasteiger partial charge in [0.25, 0.3) is 0 Å². The fraction of sp³-hybridized carbons (Fsp3) is 0.600. The zero-order valence-corrected chi connectivity index (χ0v) is 11.8. The molecule has 0 aliphatic heterocycles. The van der Waals surface area contributed by atoms with Crippen LogP contribution in [-0.4, -0.2) is 33.5 Å². The van der Waals surface area contributed by atoms with Crippen LogP contribution in [-0.2, 0) is 11.3 Å². The van der Waals surface area contributed by atoms with E-state index in [1.165, 1.54) is 12.3 Å². The molecule has 0 saturated heterocycles. The van der Waals surface area contributed by atoms with E-state index in [4.69, 9.17) is 0 Å². The minimum Gasteiger partial charge on any atom is -0.481 e. The monoisotopic (exact) mass is 280 g/mol. The van der Waals surface area contributed by atoms with Gasteiger partial charge in [-0.1, -0.05) is 19.3 Å². The highest BCUT2D eigenvalue weighted by molar-refractivity contribution is 5.68. The first-order valence-corrected chi connectivity index (χ1v) is 7.04. The maximum atomic E-state index is 13.2. The molecule has 1 aliphatic rings. The molecule has 1 aliphatic carbocycles. The summed E-state index contributed by atoms with van der Waals surface area (Å²) in [6, 6.07) is 1.46. The first kappa shape index (κ1) is 14.9. The predicted octanol–water partition coefficient (Wildman–Crippen LogP) is 2.83. The number of rotatable bonds is 5. The number of hydrogen-bond donors (Lipinski definition) is 1. The maximum Gasteiger partial charge on any atom is 0.305 e. The molecule has 4 nitrogen and oxygen atoms in total. The fourth-order valence-corrected chi connectivity index (χ4v) is 3.17. The molecular weight excluding hydrogens is 259 g/mol. The van der Waals surface area contributed by atoms with E-state index in [9.17, 15) is 14.3 Å². The van der Waals surface area contributed by atoms with Crippen molar-refractivity contribution in [3.8, 4) is 0 Å². The Morgan fingerprint density at radius 2 is 2.10 bits per heavy atom. The van der Waals surface area contributed by atoms with Crippen LogP contribution in [0.25, 0.3) is 0 Å². The standard InChI is InChI=1S/C15H21FN2O2/c1-18(11-12-7-13(16)10-17-9-12)15(8-14(19)20)5-3-2-4-6-15/h7,9-10H,2-6,8,11H2,1H3,(H,19,20). The number of carboxylic acids is 1. The van der Waals surface area contributed by atoms with Gasteiger partial charge in [0.05, 0.1) is 12.6 Å². The summed E-state index contributed by atoms with van der Waals surface area (Å²) in [5, 5.41) is 9.19. The van der Waals surface area contributed by atoms with Gasteiger partial charge in [0.1, 0.15) is 5.82 Å². The SMILES string of the molecule is CN(Cc1cncc(F)c1)C1(CC(=O)O)CCCCC1. The van der Waals surface area contributed by atoms with E-state index in [0.29, 0.717) is 6.54 Å². The molecule has 1 saturated carbocycles. The van der Waals surface area contributed by atoms with Gasteiger partial charge in [-0.3, -0.25) is 14.7 Å². The Labute approximate surface area is 118 Å². The summed E-state index contributed by atoms with van der Waals surface area (Å²) in [5.41, 5.74) is 0.471. The van der Waals surface area contributed by atoms with Crippen molar-refractivity contribution in [2.45, 2.75) is 50.6 Å². The minimum absolute atomic E-state index is 0.145. The second kappa shape index (κ2) is 6.31. The van der Waals surface area contributed by atoms with Gasteiger partial charge in [0.15, 0.2) is 0 Å². The quantitative estimate of drug-likeness (QED) is 0.901. The Bertz CT molecular complexity index is 473. The number of halogens is 1. The Morgan fingerprint density at radius 1 is 1.40 bits per heavy atom. The Kier molecular flexibility index (Phi) is 4.70. The molecule has 2 rings (SSSR count). The van der Waals surface area contributed by atoms with Crippen LogP contribution in [0.5, 0.6) is 0 Å². The van der Waals surface area contributed by atoms with Crippen molar-refractivity contribution >= 4 is 5.97 Å². The van der Waals surface area contributed by atoms with Gasteiger partial charge in [0.2, 0.25) is 0 Å². The van der Waals surface area contributed by atoms with Gasteiger partial charge in [0, 0.05) is 18.3 Å². The predicted molar refractivity (Wildman–Crippen MR) is 73.7 cm³/mol. The van der Waals surface area contributed by atoms with Crippen LogP contribution in [0, 0.1) is 5.82 Å². The molecule has 0 aromatic carbocycles. The number of carbonyl (C=O) groups is 1. The lowest BCUT2D eigenvalue weighted by atomic mass is 9.78. The van der Waals surface area contributed by atoms with Gasteiger partial charge < -0.3 is 5.11 Å². The third-order valence-electron chi connectivity index (χ3n) is 4.26. The van der Waals surface area contributed by atoms with Crippen molar-refractivity contribution in [2.24, 2.45) is 0 Å². The van der Waals surface area contributed by atoms with E-state index in [-0.39, 0.29) is 17.8 Å². The van der Waals surface area contributed by atoms with Gasteiger partial charge in [-0.05, 0) is 31.5 Å². The molecule has 0 amide bonds. The van der Waals surface area contributed by atoms with Gasteiger partial charge in [-0.15, -0.1) is 0 Å². The van der Waals surface area contributed by atoms with Crippen molar-refractivity contribution < 1.29 is 14.3 Å². The van der Waals surface area contributed by atoms with Gasteiger partial charge in [-0.2, -0.15) is 0 Å². The summed E-state index contributed by atoms with van der Waals surface area (Å²) in [5.74, 6) is -1.12. The lowest BCUT2D eigenvalue weighted by molar-refractivity contribution is -0.141. The summed E-state index contributed by atoms with van der Waals surface area (Å²) >= 11 is 0. The van der Waals surface area contributed by atoms with Crippen LogP contribution < -0.4 is 0 Å². The summed E-state index contributed by atoms with van der Waals surface area (Å²) in [7, 11) is 1.93. The van der Waals surface area contributed by atoms with Crippen LogP contribution in [0.1, 0.15) is 44.1 Å². The smallest absolute Gasteiger partial charge is 0.305 e. The van der Waals surface area contributed by atoms with Crippen LogP contribution in [0.2, 0.25) is 0 Å². The van der Waals surface area contributed by atoms with E-state index in [1.54, 1.807) is 6.20 Å². The van der Waals surface area contributed by atoms with Gasteiger partial charge >= 0.3 is 5.97 Å². The second-order valence-electron chi connectivity index (χ2n) is 5.72. The van der Waals surface area contributed by atoms with Crippen molar-refractivity contribution in [2.75, 3.05) is 7.05 Å². The molecule has 5 heteroatoms. The van der Waals surface area contributed by atoms with Crippen LogP contribution in [0.4, 0.5) is 4.39 Å². The first-order valence-electron chi connectivity index (χ1n) is 7.04. The first-order chi connectivity index (χ1) is 9.52. The molecule has 0 unspecified atom stereocenters. The number of hydrogen-bond acceptors (Lipinski definition) is 3. The largest absolute Gasteiger partial charge is 0.481 e. The number of nitrogens with zero attached hydrogens (tertiary/aromatic N) is 2.